The Kier molecular flexibility index (Phi) is 4.03. The van der Waals surface area contributed by atoms with E-state index < -0.39 is 0 Å². The second-order valence-corrected chi connectivity index (χ2v) is 6.21. The third-order valence-corrected chi connectivity index (χ3v) is 4.33. The predicted octanol–water partition coefficient (Wildman–Crippen LogP) is 3.78. The molecule has 0 bridgehead atoms. The van der Waals surface area contributed by atoms with Crippen molar-refractivity contribution in [2.24, 2.45) is 0 Å². The van der Waals surface area contributed by atoms with Crippen molar-refractivity contribution in [1.29, 1.82) is 0 Å². The van der Waals surface area contributed by atoms with Crippen molar-refractivity contribution < 1.29 is 4.39 Å². The van der Waals surface area contributed by atoms with Gasteiger partial charge in [0, 0.05) is 26.2 Å². The molecule has 1 fully saturated rings. The van der Waals surface area contributed by atoms with Crippen LogP contribution in [0, 0.1) is 5.82 Å². The molecule has 1 saturated carbocycles. The van der Waals surface area contributed by atoms with Crippen LogP contribution in [0.2, 0.25) is 0 Å². The number of benzene rings is 1. The van der Waals surface area contributed by atoms with E-state index >= 15 is 0 Å². The molecule has 3 rings (SSSR count). The van der Waals surface area contributed by atoms with Gasteiger partial charge in [-0.25, -0.2) is 4.39 Å². The number of nitrogens with zero attached hydrogens (tertiary/aromatic N) is 1. The van der Waals surface area contributed by atoms with E-state index in [1.807, 2.05) is 29.5 Å². The molecule has 2 aromatic rings. The smallest absolute Gasteiger partial charge is 0.146 e. The van der Waals surface area contributed by atoms with Crippen LogP contribution in [0.25, 0.3) is 0 Å². The minimum Gasteiger partial charge on any atom is -0.368 e. The SMILES string of the molecule is CN(Cc1ccsc1)c1ccc(CNC2CC2)cc1F. The first-order valence-electron chi connectivity index (χ1n) is 6.96. The highest BCUT2D eigenvalue weighted by molar-refractivity contribution is 7.07. The van der Waals surface area contributed by atoms with Crippen LogP contribution >= 0.6 is 11.3 Å². The lowest BCUT2D eigenvalue weighted by Crippen LogP contribution is -2.18. The quantitative estimate of drug-likeness (QED) is 0.871. The van der Waals surface area contributed by atoms with Crippen molar-refractivity contribution in [3.8, 4) is 0 Å². The molecule has 106 valence electrons. The molecule has 0 amide bonds. The van der Waals surface area contributed by atoms with E-state index in [4.69, 9.17) is 0 Å². The van der Waals surface area contributed by atoms with Gasteiger partial charge >= 0.3 is 0 Å². The lowest BCUT2D eigenvalue weighted by molar-refractivity contribution is 0.615. The average molecular weight is 290 g/mol. The summed E-state index contributed by atoms with van der Waals surface area (Å²) in [6.45, 7) is 1.50. The zero-order chi connectivity index (χ0) is 13.9. The van der Waals surface area contributed by atoms with Crippen molar-refractivity contribution in [3.63, 3.8) is 0 Å². The first-order valence-corrected chi connectivity index (χ1v) is 7.90. The Hall–Kier alpha value is -1.39. The first-order chi connectivity index (χ1) is 9.72. The fourth-order valence-corrected chi connectivity index (χ4v) is 2.92. The molecule has 1 heterocycles. The van der Waals surface area contributed by atoms with Crippen LogP contribution in [0.3, 0.4) is 0 Å². The highest BCUT2D eigenvalue weighted by Crippen LogP contribution is 2.23. The highest BCUT2D eigenvalue weighted by atomic mass is 32.1. The number of anilines is 1. The Labute approximate surface area is 123 Å². The van der Waals surface area contributed by atoms with Crippen LogP contribution in [0.15, 0.2) is 35.0 Å². The van der Waals surface area contributed by atoms with Crippen molar-refractivity contribution in [2.75, 3.05) is 11.9 Å². The standard InChI is InChI=1S/C16H19FN2S/c1-19(10-13-6-7-20-11-13)16-5-2-12(8-15(16)17)9-18-14-3-4-14/h2,5-8,11,14,18H,3-4,9-10H2,1H3. The fourth-order valence-electron chi connectivity index (χ4n) is 2.26. The fraction of sp³-hybridized carbons (Fsp3) is 0.375. The summed E-state index contributed by atoms with van der Waals surface area (Å²) in [5.41, 5.74) is 2.89. The minimum atomic E-state index is -0.141. The molecule has 1 aliphatic rings. The molecule has 4 heteroatoms. The van der Waals surface area contributed by atoms with Gasteiger partial charge in [0.05, 0.1) is 5.69 Å². The van der Waals surface area contributed by atoms with Crippen LogP contribution in [0.5, 0.6) is 0 Å². The van der Waals surface area contributed by atoms with E-state index in [0.29, 0.717) is 11.7 Å². The molecule has 1 aromatic heterocycles. The van der Waals surface area contributed by atoms with Crippen molar-refractivity contribution in [3.05, 3.63) is 52.0 Å². The van der Waals surface area contributed by atoms with Crippen LogP contribution in [-0.2, 0) is 13.1 Å². The Bertz CT molecular complexity index is 564. The Morgan fingerprint density at radius 3 is 2.80 bits per heavy atom. The van der Waals surface area contributed by atoms with Crippen LogP contribution in [0.1, 0.15) is 24.0 Å². The van der Waals surface area contributed by atoms with Gasteiger partial charge in [-0.2, -0.15) is 11.3 Å². The zero-order valence-corrected chi connectivity index (χ0v) is 12.4. The van der Waals surface area contributed by atoms with Crippen molar-refractivity contribution in [1.82, 2.24) is 5.32 Å². The molecule has 0 aliphatic heterocycles. The molecule has 0 spiro atoms. The predicted molar refractivity (Wildman–Crippen MR) is 82.7 cm³/mol. The number of thiophene rings is 1. The normalized spacial score (nSPS) is 14.5. The van der Waals surface area contributed by atoms with Crippen LogP contribution < -0.4 is 10.2 Å². The monoisotopic (exact) mass is 290 g/mol. The molecule has 1 aliphatic carbocycles. The van der Waals surface area contributed by atoms with E-state index in [0.717, 1.165) is 18.7 Å². The van der Waals surface area contributed by atoms with Gasteiger partial charge in [0.25, 0.3) is 0 Å². The van der Waals surface area contributed by atoms with Crippen LogP contribution in [-0.4, -0.2) is 13.1 Å². The molecule has 20 heavy (non-hydrogen) atoms. The molecule has 2 nitrogen and oxygen atoms in total. The van der Waals surface area contributed by atoms with Gasteiger partial charge in [0.15, 0.2) is 0 Å². The number of rotatable bonds is 6. The summed E-state index contributed by atoms with van der Waals surface area (Å²) in [5, 5.41) is 7.55. The van der Waals surface area contributed by atoms with Gasteiger partial charge < -0.3 is 10.2 Å². The van der Waals surface area contributed by atoms with Gasteiger partial charge in [-0.15, -0.1) is 0 Å². The first kappa shape index (κ1) is 13.6. The van der Waals surface area contributed by atoms with Gasteiger partial charge in [-0.3, -0.25) is 0 Å². The minimum absolute atomic E-state index is 0.141. The van der Waals surface area contributed by atoms with E-state index in [1.165, 1.54) is 18.4 Å². The number of halogens is 1. The summed E-state index contributed by atoms with van der Waals surface area (Å²) in [4.78, 5) is 1.95. The third kappa shape index (κ3) is 3.38. The summed E-state index contributed by atoms with van der Waals surface area (Å²) >= 11 is 1.67. The number of hydrogen-bond donors (Lipinski definition) is 1. The third-order valence-electron chi connectivity index (χ3n) is 3.60. The van der Waals surface area contributed by atoms with Gasteiger partial charge in [-0.1, -0.05) is 6.07 Å². The number of nitrogens with one attached hydrogen (secondary N) is 1. The molecule has 1 N–H and O–H groups in total. The highest BCUT2D eigenvalue weighted by Gasteiger charge is 2.20. The summed E-state index contributed by atoms with van der Waals surface area (Å²) in [5.74, 6) is -0.141. The van der Waals surface area contributed by atoms with Gasteiger partial charge in [0.1, 0.15) is 5.82 Å². The molecular weight excluding hydrogens is 271 g/mol. The maximum atomic E-state index is 14.2. The lowest BCUT2D eigenvalue weighted by atomic mass is 10.1. The van der Waals surface area contributed by atoms with Crippen molar-refractivity contribution >= 4 is 17.0 Å². The second-order valence-electron chi connectivity index (χ2n) is 5.43. The molecular formula is C16H19FN2S. The van der Waals surface area contributed by atoms with Gasteiger partial charge in [-0.05, 0) is 52.9 Å². The molecule has 1 aromatic carbocycles. The Morgan fingerprint density at radius 2 is 2.15 bits per heavy atom. The summed E-state index contributed by atoms with van der Waals surface area (Å²) in [6.07, 6.45) is 2.51. The summed E-state index contributed by atoms with van der Waals surface area (Å²) < 4.78 is 14.2. The zero-order valence-electron chi connectivity index (χ0n) is 11.6. The molecule has 0 saturated heterocycles. The maximum Gasteiger partial charge on any atom is 0.146 e. The topological polar surface area (TPSA) is 15.3 Å². The summed E-state index contributed by atoms with van der Waals surface area (Å²) in [7, 11) is 1.93. The Balaban J connectivity index is 1.66. The van der Waals surface area contributed by atoms with Crippen LogP contribution in [0.4, 0.5) is 10.1 Å². The van der Waals surface area contributed by atoms with E-state index in [9.17, 15) is 4.39 Å². The van der Waals surface area contributed by atoms with E-state index in [2.05, 4.69) is 16.8 Å². The second kappa shape index (κ2) is 5.94. The Morgan fingerprint density at radius 1 is 1.30 bits per heavy atom. The molecule has 0 atom stereocenters. The maximum absolute atomic E-state index is 14.2. The largest absolute Gasteiger partial charge is 0.368 e. The molecule has 0 radical (unpaired) electrons. The number of hydrogen-bond acceptors (Lipinski definition) is 3. The van der Waals surface area contributed by atoms with Crippen molar-refractivity contribution in [2.45, 2.75) is 32.0 Å². The van der Waals surface area contributed by atoms with E-state index in [-0.39, 0.29) is 5.82 Å². The average Bonchev–Trinajstić information content (AvgIpc) is 3.13. The van der Waals surface area contributed by atoms with Gasteiger partial charge in [0.2, 0.25) is 0 Å². The van der Waals surface area contributed by atoms with E-state index in [1.54, 1.807) is 17.4 Å². The summed E-state index contributed by atoms with van der Waals surface area (Å²) in [6, 6.07) is 8.27. The lowest BCUT2D eigenvalue weighted by Gasteiger charge is -2.20. The molecule has 0 unspecified atom stereocenters.